The molecule has 2 N–H and O–H groups in total. The van der Waals surface area contributed by atoms with Gasteiger partial charge in [0, 0.05) is 18.0 Å². The Morgan fingerprint density at radius 2 is 1.63 bits per heavy atom. The van der Waals surface area contributed by atoms with Crippen LogP contribution in [0.1, 0.15) is 76.8 Å². The van der Waals surface area contributed by atoms with Crippen molar-refractivity contribution in [3.05, 3.63) is 59.7 Å². The number of nitrogens with one attached hydrogen (secondary N) is 1. The van der Waals surface area contributed by atoms with Gasteiger partial charge in [-0.25, -0.2) is 14.4 Å². The van der Waals surface area contributed by atoms with Gasteiger partial charge < -0.3 is 19.9 Å². The van der Waals surface area contributed by atoms with E-state index in [0.29, 0.717) is 12.8 Å². The molecule has 8 heteroatoms. The lowest BCUT2D eigenvalue weighted by Crippen LogP contribution is -2.54. The normalized spacial score (nSPS) is 19.6. The number of carboxylic acids is 1. The number of fused-ring (bicyclic) bond motifs is 3. The van der Waals surface area contributed by atoms with Gasteiger partial charge in [-0.05, 0) is 75.1 Å². The van der Waals surface area contributed by atoms with Gasteiger partial charge in [-0.2, -0.15) is 0 Å². The van der Waals surface area contributed by atoms with Gasteiger partial charge in [0.2, 0.25) is 0 Å². The largest absolute Gasteiger partial charge is 0.480 e. The molecule has 0 aliphatic heterocycles. The predicted octanol–water partition coefficient (Wildman–Crippen LogP) is 5.94. The molecule has 0 heterocycles. The summed E-state index contributed by atoms with van der Waals surface area (Å²) in [6.45, 7) is 7.27. The molecule has 2 aromatic carbocycles. The van der Waals surface area contributed by atoms with Crippen molar-refractivity contribution >= 4 is 18.2 Å². The number of nitrogens with zero attached hydrogens (tertiary/aromatic N) is 1. The average Bonchev–Trinajstić information content (AvgIpc) is 3.18. The first-order valence-electron chi connectivity index (χ1n) is 13.4. The summed E-state index contributed by atoms with van der Waals surface area (Å²) in [5.41, 5.74) is 3.82. The maximum Gasteiger partial charge on any atom is 0.410 e. The predicted molar refractivity (Wildman–Crippen MR) is 144 cm³/mol. The summed E-state index contributed by atoms with van der Waals surface area (Å²) >= 11 is 0. The Morgan fingerprint density at radius 1 is 1.03 bits per heavy atom. The number of carbonyl (C=O) groups is 3. The van der Waals surface area contributed by atoms with E-state index in [2.05, 4.69) is 17.4 Å². The van der Waals surface area contributed by atoms with Crippen molar-refractivity contribution < 1.29 is 29.0 Å². The van der Waals surface area contributed by atoms with Crippen molar-refractivity contribution in [3.63, 3.8) is 0 Å². The Labute approximate surface area is 224 Å². The molecule has 0 spiro atoms. The molecule has 3 atom stereocenters. The average molecular weight is 523 g/mol. The Hall–Kier alpha value is -3.55. The lowest BCUT2D eigenvalue weighted by atomic mass is 9.89. The van der Waals surface area contributed by atoms with Crippen molar-refractivity contribution in [1.82, 2.24) is 10.2 Å². The molecule has 2 aliphatic carbocycles. The second-order valence-corrected chi connectivity index (χ2v) is 11.1. The van der Waals surface area contributed by atoms with Gasteiger partial charge in [0.1, 0.15) is 18.2 Å². The summed E-state index contributed by atoms with van der Waals surface area (Å²) in [6, 6.07) is 14.6. The second-order valence-electron chi connectivity index (χ2n) is 11.1. The van der Waals surface area contributed by atoms with Gasteiger partial charge >= 0.3 is 18.2 Å². The molecule has 2 amide bonds. The van der Waals surface area contributed by atoms with Crippen LogP contribution in [0.5, 0.6) is 0 Å². The van der Waals surface area contributed by atoms with Crippen LogP contribution in [-0.4, -0.2) is 58.5 Å². The monoisotopic (exact) mass is 522 g/mol. The van der Waals surface area contributed by atoms with Gasteiger partial charge in [0.15, 0.2) is 0 Å². The third-order valence-corrected chi connectivity index (χ3v) is 7.32. The van der Waals surface area contributed by atoms with E-state index in [-0.39, 0.29) is 31.0 Å². The molecule has 1 unspecified atom stereocenters. The second kappa shape index (κ2) is 11.5. The van der Waals surface area contributed by atoms with Crippen molar-refractivity contribution in [2.45, 2.75) is 89.4 Å². The minimum atomic E-state index is -1.07. The number of alkyl carbamates (subject to hydrolysis) is 1. The molecule has 4 rings (SSSR count). The summed E-state index contributed by atoms with van der Waals surface area (Å²) in [4.78, 5) is 39.5. The van der Waals surface area contributed by atoms with E-state index in [1.807, 2.05) is 36.4 Å². The number of benzene rings is 2. The van der Waals surface area contributed by atoms with Gasteiger partial charge in [-0.3, -0.25) is 4.90 Å². The molecule has 1 fully saturated rings. The summed E-state index contributed by atoms with van der Waals surface area (Å²) in [5.74, 6) is -1.19. The number of amides is 2. The van der Waals surface area contributed by atoms with E-state index in [1.165, 1.54) is 4.90 Å². The number of aliphatic carboxylic acids is 1. The van der Waals surface area contributed by atoms with Crippen LogP contribution in [0.25, 0.3) is 11.1 Å². The van der Waals surface area contributed by atoms with Gasteiger partial charge in [-0.1, -0.05) is 55.5 Å². The first kappa shape index (κ1) is 27.5. The summed E-state index contributed by atoms with van der Waals surface area (Å²) in [5, 5.41) is 12.9. The van der Waals surface area contributed by atoms with Crippen LogP contribution in [0.15, 0.2) is 48.5 Å². The lowest BCUT2D eigenvalue weighted by Gasteiger charge is -2.40. The molecular weight excluding hydrogens is 484 g/mol. The van der Waals surface area contributed by atoms with Gasteiger partial charge in [-0.15, -0.1) is 0 Å². The van der Waals surface area contributed by atoms with E-state index in [4.69, 9.17) is 9.47 Å². The number of carbonyl (C=O) groups excluding carboxylic acids is 2. The molecule has 204 valence electrons. The van der Waals surface area contributed by atoms with E-state index in [9.17, 15) is 19.5 Å². The summed E-state index contributed by atoms with van der Waals surface area (Å²) < 4.78 is 11.3. The number of carboxylic acid groups (broad SMARTS) is 1. The maximum absolute atomic E-state index is 13.6. The van der Waals surface area contributed by atoms with E-state index >= 15 is 0 Å². The van der Waals surface area contributed by atoms with E-state index < -0.39 is 29.8 Å². The molecule has 2 aliphatic rings. The third kappa shape index (κ3) is 6.11. The highest BCUT2D eigenvalue weighted by atomic mass is 16.6. The Morgan fingerprint density at radius 3 is 2.18 bits per heavy atom. The highest BCUT2D eigenvalue weighted by Gasteiger charge is 2.39. The Balaban J connectivity index is 1.50. The fourth-order valence-electron chi connectivity index (χ4n) is 5.71. The zero-order valence-corrected chi connectivity index (χ0v) is 22.6. The van der Waals surface area contributed by atoms with Crippen molar-refractivity contribution in [2.75, 3.05) is 6.61 Å². The van der Waals surface area contributed by atoms with Crippen LogP contribution in [0.2, 0.25) is 0 Å². The third-order valence-electron chi connectivity index (χ3n) is 7.32. The fourth-order valence-corrected chi connectivity index (χ4v) is 5.71. The minimum absolute atomic E-state index is 0.117. The zero-order valence-electron chi connectivity index (χ0n) is 22.6. The topological polar surface area (TPSA) is 105 Å². The minimum Gasteiger partial charge on any atom is -0.480 e. The van der Waals surface area contributed by atoms with Gasteiger partial charge in [0.25, 0.3) is 0 Å². The van der Waals surface area contributed by atoms with Crippen molar-refractivity contribution in [1.29, 1.82) is 0 Å². The lowest BCUT2D eigenvalue weighted by molar-refractivity contribution is -0.144. The molecule has 0 bridgehead atoms. The highest BCUT2D eigenvalue weighted by molar-refractivity contribution is 5.81. The molecule has 0 radical (unpaired) electrons. The van der Waals surface area contributed by atoms with Crippen LogP contribution in [0.3, 0.4) is 0 Å². The smallest absolute Gasteiger partial charge is 0.410 e. The number of rotatable bonds is 7. The summed E-state index contributed by atoms with van der Waals surface area (Å²) in [7, 11) is 0. The van der Waals surface area contributed by atoms with Crippen molar-refractivity contribution in [3.8, 4) is 11.1 Å². The molecular formula is C30H38N2O6. The molecule has 8 nitrogen and oxygen atoms in total. The molecule has 1 saturated carbocycles. The standard InChI is InChI=1S/C30H38N2O6/c1-5-26(27(33)34)32(20-12-10-11-19(17-20)31-28(35)38-30(2,3)4)29(36)37-18-25-23-15-8-6-13-21(23)22-14-7-9-16-24(22)25/h6-9,13-16,19-20,25-26H,5,10-12,17-18H2,1-4H3,(H,31,35)(H,33,34)/t19-,20-,26?/m1/s1. The number of ether oxygens (including phenoxy) is 2. The van der Waals surface area contributed by atoms with E-state index in [0.717, 1.165) is 35.1 Å². The van der Waals surface area contributed by atoms with Crippen LogP contribution < -0.4 is 5.32 Å². The van der Waals surface area contributed by atoms with Crippen LogP contribution in [-0.2, 0) is 14.3 Å². The molecule has 38 heavy (non-hydrogen) atoms. The summed E-state index contributed by atoms with van der Waals surface area (Å²) in [6.07, 6.45) is 1.66. The van der Waals surface area contributed by atoms with Crippen LogP contribution in [0.4, 0.5) is 9.59 Å². The highest BCUT2D eigenvalue weighted by Crippen LogP contribution is 2.44. The van der Waals surface area contributed by atoms with Crippen LogP contribution in [0, 0.1) is 0 Å². The first-order chi connectivity index (χ1) is 18.1. The molecule has 0 saturated heterocycles. The Bertz CT molecular complexity index is 1130. The Kier molecular flexibility index (Phi) is 8.29. The van der Waals surface area contributed by atoms with Gasteiger partial charge in [0.05, 0.1) is 0 Å². The number of hydrogen-bond acceptors (Lipinski definition) is 5. The first-order valence-corrected chi connectivity index (χ1v) is 13.4. The zero-order chi connectivity index (χ0) is 27.4. The quantitative estimate of drug-likeness (QED) is 0.467. The SMILES string of the molecule is CCC(C(=O)O)N(C(=O)OCC1c2ccccc2-c2ccccc21)[C@@H]1CCC[C@@H](NC(=O)OC(C)(C)C)C1. The van der Waals surface area contributed by atoms with E-state index in [1.54, 1.807) is 27.7 Å². The maximum atomic E-state index is 13.6. The van der Waals surface area contributed by atoms with Crippen molar-refractivity contribution in [2.24, 2.45) is 0 Å². The molecule has 2 aromatic rings. The number of hydrogen-bond donors (Lipinski definition) is 2. The van der Waals surface area contributed by atoms with Crippen LogP contribution >= 0.6 is 0 Å². The fraction of sp³-hybridized carbons (Fsp3) is 0.500. The molecule has 0 aromatic heterocycles.